The minimum atomic E-state index is -0.306. The second-order valence-electron chi connectivity index (χ2n) is 16.7. The van der Waals surface area contributed by atoms with Gasteiger partial charge in [0.1, 0.15) is 0 Å². The summed E-state index contributed by atoms with van der Waals surface area (Å²) >= 11 is 3.59. The highest BCUT2D eigenvalue weighted by Gasteiger charge is 2.47. The lowest BCUT2D eigenvalue weighted by molar-refractivity contribution is 0.767. The molecule has 2 N–H and O–H groups in total. The topological polar surface area (TPSA) is 26.0 Å². The van der Waals surface area contributed by atoms with Crippen LogP contribution in [-0.4, -0.2) is 0 Å². The van der Waals surface area contributed by atoms with Crippen LogP contribution >= 0.6 is 15.9 Å². The second kappa shape index (κ2) is 18.3. The van der Waals surface area contributed by atoms with Crippen molar-refractivity contribution in [2.45, 2.75) is 17.3 Å². The molecular weight excluding hydrogens is 851 g/mol. The molecular formula is C63H48BrN. The SMILES string of the molecule is Brc1ccc(C2(c3ccccc3)c3ccccc3-c3ccccc32)cc1.Nc1ccccc1.c1ccc(Cc2ccc(C3(c4ccccc4)c4ccccc4-c4ccccc43)cc2)cc1. The van der Waals surface area contributed by atoms with Crippen LogP contribution in [0.2, 0.25) is 0 Å². The van der Waals surface area contributed by atoms with E-state index in [-0.39, 0.29) is 10.8 Å². The number of para-hydroxylation sites is 1. The zero-order chi connectivity index (χ0) is 44.1. The summed E-state index contributed by atoms with van der Waals surface area (Å²) in [5, 5.41) is 0. The van der Waals surface area contributed by atoms with Crippen LogP contribution < -0.4 is 5.73 Å². The number of rotatable bonds is 6. The molecule has 0 atom stereocenters. The molecule has 0 unspecified atom stereocenters. The molecule has 65 heavy (non-hydrogen) atoms. The van der Waals surface area contributed by atoms with Gasteiger partial charge in [-0.25, -0.2) is 0 Å². The molecule has 2 aliphatic rings. The Hall–Kier alpha value is -7.52. The summed E-state index contributed by atoms with van der Waals surface area (Å²) in [5.41, 5.74) is 24.3. The summed E-state index contributed by atoms with van der Waals surface area (Å²) in [6, 6.07) is 95.5. The minimum Gasteiger partial charge on any atom is -0.399 e. The van der Waals surface area contributed by atoms with Gasteiger partial charge in [0.25, 0.3) is 0 Å². The Kier molecular flexibility index (Phi) is 11.7. The van der Waals surface area contributed by atoms with Crippen LogP contribution in [0.15, 0.2) is 271 Å². The average molecular weight is 899 g/mol. The molecule has 0 fully saturated rings. The van der Waals surface area contributed by atoms with Crippen molar-refractivity contribution in [1.82, 2.24) is 0 Å². The summed E-state index contributed by atoms with van der Waals surface area (Å²) in [6.45, 7) is 0. The van der Waals surface area contributed by atoms with Crippen LogP contribution in [0.4, 0.5) is 5.69 Å². The first kappa shape index (κ1) is 41.5. The molecule has 0 saturated heterocycles. The molecule has 10 aromatic rings. The molecule has 2 aliphatic carbocycles. The molecule has 0 aromatic heterocycles. The third-order valence-corrected chi connectivity index (χ3v) is 13.6. The van der Waals surface area contributed by atoms with Gasteiger partial charge >= 0.3 is 0 Å². The van der Waals surface area contributed by atoms with Gasteiger partial charge in [0.2, 0.25) is 0 Å². The van der Waals surface area contributed by atoms with E-state index in [1.54, 1.807) is 0 Å². The van der Waals surface area contributed by atoms with Gasteiger partial charge in [0.05, 0.1) is 10.8 Å². The molecule has 0 bridgehead atoms. The van der Waals surface area contributed by atoms with Crippen LogP contribution in [0.5, 0.6) is 0 Å². The van der Waals surface area contributed by atoms with Gasteiger partial charge in [0.15, 0.2) is 0 Å². The largest absolute Gasteiger partial charge is 0.399 e. The summed E-state index contributed by atoms with van der Waals surface area (Å²) in [6.07, 6.45) is 0.951. The van der Waals surface area contributed by atoms with Crippen molar-refractivity contribution in [2.75, 3.05) is 5.73 Å². The first-order chi connectivity index (χ1) is 32.1. The summed E-state index contributed by atoms with van der Waals surface area (Å²) < 4.78 is 1.10. The Labute approximate surface area is 391 Å². The fourth-order valence-electron chi connectivity index (χ4n) is 10.3. The van der Waals surface area contributed by atoms with Crippen molar-refractivity contribution in [1.29, 1.82) is 0 Å². The minimum absolute atomic E-state index is 0.283. The lowest BCUT2D eigenvalue weighted by Crippen LogP contribution is -2.28. The maximum atomic E-state index is 5.36. The summed E-state index contributed by atoms with van der Waals surface area (Å²) in [7, 11) is 0. The molecule has 0 radical (unpaired) electrons. The molecule has 10 aromatic carbocycles. The maximum Gasteiger partial charge on any atom is 0.0713 e. The van der Waals surface area contributed by atoms with Crippen molar-refractivity contribution >= 4 is 21.6 Å². The Morgan fingerprint density at radius 1 is 0.277 bits per heavy atom. The van der Waals surface area contributed by atoms with E-state index in [1.165, 1.54) is 77.9 Å². The molecule has 1 nitrogen and oxygen atoms in total. The first-order valence-electron chi connectivity index (χ1n) is 22.3. The maximum absolute atomic E-state index is 5.36. The fourth-order valence-corrected chi connectivity index (χ4v) is 10.5. The monoisotopic (exact) mass is 897 g/mol. The number of halogens is 1. The van der Waals surface area contributed by atoms with Gasteiger partial charge in [-0.15, -0.1) is 0 Å². The second-order valence-corrected chi connectivity index (χ2v) is 17.6. The van der Waals surface area contributed by atoms with Gasteiger partial charge in [-0.05, 0) is 109 Å². The average Bonchev–Trinajstić information content (AvgIpc) is 3.85. The molecule has 0 aliphatic heterocycles. The van der Waals surface area contributed by atoms with Crippen LogP contribution in [0.3, 0.4) is 0 Å². The van der Waals surface area contributed by atoms with E-state index in [0.29, 0.717) is 0 Å². The number of hydrogen-bond acceptors (Lipinski definition) is 1. The molecule has 0 heterocycles. The first-order valence-corrected chi connectivity index (χ1v) is 23.1. The molecule has 12 rings (SSSR count). The predicted octanol–water partition coefficient (Wildman–Crippen LogP) is 15.7. The van der Waals surface area contributed by atoms with Gasteiger partial charge in [-0.1, -0.05) is 259 Å². The lowest BCUT2D eigenvalue weighted by atomic mass is 9.67. The molecule has 2 heteroatoms. The highest BCUT2D eigenvalue weighted by molar-refractivity contribution is 9.10. The quantitative estimate of drug-likeness (QED) is 0.165. The fraction of sp³-hybridized carbons (Fsp3) is 0.0476. The number of fused-ring (bicyclic) bond motifs is 6. The van der Waals surface area contributed by atoms with Gasteiger partial charge in [0, 0.05) is 10.2 Å². The summed E-state index contributed by atoms with van der Waals surface area (Å²) in [5.74, 6) is 0. The third kappa shape index (κ3) is 7.60. The molecule has 0 spiro atoms. The van der Waals surface area contributed by atoms with Crippen molar-refractivity contribution in [3.63, 3.8) is 0 Å². The number of benzene rings is 10. The molecule has 0 saturated carbocycles. The molecule has 0 amide bonds. The number of hydrogen-bond donors (Lipinski definition) is 1. The van der Waals surface area contributed by atoms with Gasteiger partial charge in [-0.2, -0.15) is 0 Å². The lowest BCUT2D eigenvalue weighted by Gasteiger charge is -2.34. The number of nitrogen functional groups attached to an aromatic ring is 1. The Morgan fingerprint density at radius 3 is 0.908 bits per heavy atom. The highest BCUT2D eigenvalue weighted by atomic mass is 79.9. The Balaban J connectivity index is 0.000000135. The van der Waals surface area contributed by atoms with E-state index in [9.17, 15) is 0 Å². The number of anilines is 1. The van der Waals surface area contributed by atoms with Crippen molar-refractivity contribution < 1.29 is 0 Å². The van der Waals surface area contributed by atoms with Crippen molar-refractivity contribution in [3.05, 3.63) is 327 Å². The Morgan fingerprint density at radius 2 is 0.554 bits per heavy atom. The standard InChI is InChI=1S/C32H24.C25H17Br.C6H7N/c1-3-11-24(12-4-1)23-25-19-21-27(22-20-25)32(26-13-5-2-6-14-26)30-17-9-7-15-28(30)29-16-8-10-18-31(29)32;26-20-16-14-19(15-17-20)25(18-8-2-1-3-9-18)23-12-6-4-10-21(23)22-11-5-7-13-24(22)25;7-6-4-2-1-3-5-6/h1-22H,23H2;1-17H;1-5H,7H2. The van der Waals surface area contributed by atoms with Crippen LogP contribution in [0.1, 0.15) is 55.6 Å². The van der Waals surface area contributed by atoms with E-state index in [2.05, 4.69) is 253 Å². The van der Waals surface area contributed by atoms with Crippen LogP contribution in [0.25, 0.3) is 22.3 Å². The van der Waals surface area contributed by atoms with Gasteiger partial charge < -0.3 is 5.73 Å². The van der Waals surface area contributed by atoms with Crippen LogP contribution in [0, 0.1) is 0 Å². The van der Waals surface area contributed by atoms with E-state index in [1.807, 2.05) is 30.3 Å². The van der Waals surface area contributed by atoms with Crippen molar-refractivity contribution in [3.8, 4) is 22.3 Å². The van der Waals surface area contributed by atoms with E-state index < -0.39 is 0 Å². The highest BCUT2D eigenvalue weighted by Crippen LogP contribution is 2.57. The van der Waals surface area contributed by atoms with E-state index >= 15 is 0 Å². The zero-order valence-electron chi connectivity index (χ0n) is 36.1. The zero-order valence-corrected chi connectivity index (χ0v) is 37.7. The van der Waals surface area contributed by atoms with Crippen molar-refractivity contribution in [2.24, 2.45) is 0 Å². The Bertz CT molecular complexity index is 3070. The predicted molar refractivity (Wildman–Crippen MR) is 275 cm³/mol. The van der Waals surface area contributed by atoms with E-state index in [4.69, 9.17) is 5.73 Å². The third-order valence-electron chi connectivity index (χ3n) is 13.0. The van der Waals surface area contributed by atoms with E-state index in [0.717, 1.165) is 16.6 Å². The number of nitrogens with two attached hydrogens (primary N) is 1. The summed E-state index contributed by atoms with van der Waals surface area (Å²) in [4.78, 5) is 0. The smallest absolute Gasteiger partial charge is 0.0713 e. The van der Waals surface area contributed by atoms with Crippen LogP contribution in [-0.2, 0) is 17.3 Å². The normalized spacial score (nSPS) is 13.1. The van der Waals surface area contributed by atoms with Gasteiger partial charge in [-0.3, -0.25) is 0 Å². The molecule has 312 valence electrons.